The van der Waals surface area contributed by atoms with E-state index in [0.717, 1.165) is 9.87 Å². The summed E-state index contributed by atoms with van der Waals surface area (Å²) in [6.45, 7) is 9.46. The summed E-state index contributed by atoms with van der Waals surface area (Å²) in [5.74, 6) is -0.923. The Morgan fingerprint density at radius 2 is 1.80 bits per heavy atom. The van der Waals surface area contributed by atoms with Gasteiger partial charge in [-0.15, -0.1) is 0 Å². The molecule has 4 rings (SSSR count). The van der Waals surface area contributed by atoms with Gasteiger partial charge in [0, 0.05) is 45.1 Å². The third-order valence-electron chi connectivity index (χ3n) is 7.89. The standard InChI is InChI=1S/C30H39FN4O5S/c1-7-23(36)17-22-13-14-25(31)24(18-22)29(5)30(15-16-35(20-30)19-21-11-9-8-10-12-21)41(38,39)34(6)26(33-29)32-27(37)40-28(2,3)4/h8-14,18H,7,15-17,19-20H2,1-6H3,(H,32,33,37)/t29-,30-/m1/s1. The Hall–Kier alpha value is -3.31. The Labute approximate surface area is 241 Å². The molecule has 1 spiro atoms. The monoisotopic (exact) mass is 586 g/mol. The number of nitrogens with zero attached hydrogens (tertiary/aromatic N) is 3. The Kier molecular flexibility index (Phi) is 8.35. The minimum atomic E-state index is -4.22. The van der Waals surface area contributed by atoms with E-state index >= 15 is 4.39 Å². The summed E-state index contributed by atoms with van der Waals surface area (Å²) >= 11 is 0. The van der Waals surface area contributed by atoms with Crippen LogP contribution < -0.4 is 5.32 Å². The molecule has 11 heteroatoms. The van der Waals surface area contributed by atoms with Crippen molar-refractivity contribution < 1.29 is 27.1 Å². The molecule has 0 saturated carbocycles. The summed E-state index contributed by atoms with van der Waals surface area (Å²) < 4.78 is 49.5. The highest BCUT2D eigenvalue weighted by atomic mass is 32.2. The van der Waals surface area contributed by atoms with Crippen LogP contribution >= 0.6 is 0 Å². The quantitative estimate of drug-likeness (QED) is 0.539. The zero-order valence-corrected chi connectivity index (χ0v) is 25.3. The van der Waals surface area contributed by atoms with E-state index in [1.54, 1.807) is 40.7 Å². The lowest BCUT2D eigenvalue weighted by atomic mass is 9.77. The number of ether oxygens (including phenoxy) is 1. The number of ketones is 1. The number of guanidine groups is 1. The van der Waals surface area contributed by atoms with Gasteiger partial charge in [-0.25, -0.2) is 26.9 Å². The van der Waals surface area contributed by atoms with Crippen molar-refractivity contribution >= 4 is 27.9 Å². The molecule has 1 saturated heterocycles. The first kappa shape index (κ1) is 30.6. The summed E-state index contributed by atoms with van der Waals surface area (Å²) in [6.07, 6.45) is -0.281. The summed E-state index contributed by atoms with van der Waals surface area (Å²) in [7, 11) is -2.89. The molecule has 1 amide bonds. The molecular weight excluding hydrogens is 547 g/mol. The summed E-state index contributed by atoms with van der Waals surface area (Å²) in [5.41, 5.74) is -0.840. The van der Waals surface area contributed by atoms with Crippen LogP contribution in [0.1, 0.15) is 64.2 Å². The van der Waals surface area contributed by atoms with Crippen molar-refractivity contribution in [3.63, 3.8) is 0 Å². The minimum Gasteiger partial charge on any atom is -0.444 e. The number of rotatable bonds is 6. The molecule has 2 aliphatic heterocycles. The molecule has 0 aliphatic carbocycles. The summed E-state index contributed by atoms with van der Waals surface area (Å²) in [4.78, 5) is 31.8. The van der Waals surface area contributed by atoms with E-state index in [9.17, 15) is 18.0 Å². The fourth-order valence-electron chi connectivity index (χ4n) is 5.67. The van der Waals surface area contributed by atoms with Crippen molar-refractivity contribution in [1.82, 2.24) is 14.5 Å². The maximum absolute atomic E-state index is 15.8. The maximum Gasteiger partial charge on any atom is 0.414 e. The normalized spacial score (nSPS) is 24.3. The van der Waals surface area contributed by atoms with Gasteiger partial charge in [-0.1, -0.05) is 43.3 Å². The van der Waals surface area contributed by atoms with Gasteiger partial charge in [0.15, 0.2) is 0 Å². The molecule has 2 aromatic carbocycles. The topological polar surface area (TPSA) is 108 Å². The lowest BCUT2D eigenvalue weighted by Crippen LogP contribution is -2.66. The smallest absolute Gasteiger partial charge is 0.414 e. The number of sulfonamides is 1. The van der Waals surface area contributed by atoms with Gasteiger partial charge in [-0.2, -0.15) is 0 Å². The molecule has 2 heterocycles. The van der Waals surface area contributed by atoms with Crippen molar-refractivity contribution in [3.8, 4) is 0 Å². The Morgan fingerprint density at radius 3 is 2.44 bits per heavy atom. The lowest BCUT2D eigenvalue weighted by molar-refractivity contribution is -0.118. The van der Waals surface area contributed by atoms with Gasteiger partial charge in [0.1, 0.15) is 27.5 Å². The summed E-state index contributed by atoms with van der Waals surface area (Å²) in [6, 6.07) is 14.0. The second-order valence-electron chi connectivity index (χ2n) is 11.9. The SMILES string of the molecule is CCC(=O)Cc1ccc(F)c([C@@]2(C)N=C(NC(=O)OC(C)(C)C)N(C)S(=O)(=O)[C@@]23CCN(Cc2ccccc2)C3)c1. The van der Waals surface area contributed by atoms with Crippen molar-refractivity contribution in [3.05, 3.63) is 71.0 Å². The van der Waals surface area contributed by atoms with Gasteiger partial charge in [-0.05, 0) is 57.4 Å². The molecule has 9 nitrogen and oxygen atoms in total. The number of likely N-dealkylation sites (tertiary alicyclic amines) is 1. The molecule has 1 fully saturated rings. The fourth-order valence-corrected chi connectivity index (χ4v) is 7.86. The number of benzene rings is 2. The van der Waals surface area contributed by atoms with Gasteiger partial charge < -0.3 is 4.74 Å². The van der Waals surface area contributed by atoms with E-state index in [0.29, 0.717) is 25.1 Å². The number of hydrogen-bond donors (Lipinski definition) is 1. The number of carbonyl (C=O) groups excluding carboxylic acids is 2. The predicted octanol–water partition coefficient (Wildman–Crippen LogP) is 4.36. The maximum atomic E-state index is 15.8. The number of amides is 1. The Morgan fingerprint density at radius 1 is 1.12 bits per heavy atom. The first-order valence-corrected chi connectivity index (χ1v) is 15.2. The number of aliphatic imine (C=N–C) groups is 1. The zero-order chi connectivity index (χ0) is 30.2. The minimum absolute atomic E-state index is 0.0240. The van der Waals surface area contributed by atoms with Crippen LogP contribution in [-0.2, 0) is 38.1 Å². The van der Waals surface area contributed by atoms with Crippen molar-refractivity contribution in [2.45, 2.75) is 76.3 Å². The molecule has 41 heavy (non-hydrogen) atoms. The van der Waals surface area contributed by atoms with E-state index in [4.69, 9.17) is 9.73 Å². The van der Waals surface area contributed by atoms with E-state index < -0.39 is 37.8 Å². The second kappa shape index (κ2) is 11.2. The first-order valence-electron chi connectivity index (χ1n) is 13.8. The number of hydrogen-bond acceptors (Lipinski definition) is 7. The van der Waals surface area contributed by atoms with Crippen LogP contribution in [0.4, 0.5) is 9.18 Å². The molecule has 0 bridgehead atoms. The van der Waals surface area contributed by atoms with Crippen LogP contribution in [0.15, 0.2) is 53.5 Å². The molecule has 0 aromatic heterocycles. The average Bonchev–Trinajstić information content (AvgIpc) is 3.33. The zero-order valence-electron chi connectivity index (χ0n) is 24.5. The first-order chi connectivity index (χ1) is 19.1. The molecular formula is C30H39FN4O5S. The third kappa shape index (κ3) is 5.88. The third-order valence-corrected chi connectivity index (χ3v) is 10.5. The van der Waals surface area contributed by atoms with E-state index in [2.05, 4.69) is 5.32 Å². The van der Waals surface area contributed by atoms with Gasteiger partial charge in [0.25, 0.3) is 0 Å². The number of halogens is 1. The molecule has 0 radical (unpaired) electrons. The second-order valence-corrected chi connectivity index (χ2v) is 14.2. The van der Waals surface area contributed by atoms with Crippen LogP contribution in [0.2, 0.25) is 0 Å². The highest BCUT2D eigenvalue weighted by Gasteiger charge is 2.66. The van der Waals surface area contributed by atoms with Crippen LogP contribution in [0.5, 0.6) is 0 Å². The van der Waals surface area contributed by atoms with Crippen LogP contribution in [0.3, 0.4) is 0 Å². The molecule has 222 valence electrons. The predicted molar refractivity (Wildman–Crippen MR) is 155 cm³/mol. The Balaban J connectivity index is 1.86. The number of nitrogens with one attached hydrogen (secondary N) is 1. The average molecular weight is 587 g/mol. The van der Waals surface area contributed by atoms with Gasteiger partial charge in [-0.3, -0.25) is 15.0 Å². The molecule has 1 N–H and O–H groups in total. The Bertz CT molecular complexity index is 1460. The van der Waals surface area contributed by atoms with E-state index in [1.807, 2.05) is 35.2 Å². The molecule has 2 atom stereocenters. The van der Waals surface area contributed by atoms with Crippen molar-refractivity contribution in [1.29, 1.82) is 0 Å². The van der Waals surface area contributed by atoms with Gasteiger partial charge >= 0.3 is 6.09 Å². The van der Waals surface area contributed by atoms with Crippen LogP contribution in [0.25, 0.3) is 0 Å². The van der Waals surface area contributed by atoms with Gasteiger partial charge in [0.05, 0.1) is 0 Å². The molecule has 0 unspecified atom stereocenters. The highest BCUT2D eigenvalue weighted by Crippen LogP contribution is 2.52. The highest BCUT2D eigenvalue weighted by molar-refractivity contribution is 7.91. The molecule has 2 aliphatic rings. The number of carbonyl (C=O) groups is 2. The summed E-state index contributed by atoms with van der Waals surface area (Å²) in [5, 5.41) is 2.48. The van der Waals surface area contributed by atoms with Crippen LogP contribution in [-0.4, -0.2) is 65.9 Å². The van der Waals surface area contributed by atoms with Crippen molar-refractivity contribution in [2.75, 3.05) is 20.1 Å². The number of alkyl carbamates (subject to hydrolysis) is 1. The lowest BCUT2D eigenvalue weighted by Gasteiger charge is -2.49. The molecule has 2 aromatic rings. The number of Topliss-reactive ketones (excluding diaryl/α,β-unsaturated/α-hetero) is 1. The van der Waals surface area contributed by atoms with Crippen molar-refractivity contribution in [2.24, 2.45) is 4.99 Å². The fraction of sp³-hybridized carbons (Fsp3) is 0.500. The van der Waals surface area contributed by atoms with E-state index in [-0.39, 0.29) is 36.7 Å². The van der Waals surface area contributed by atoms with Gasteiger partial charge in [0.2, 0.25) is 16.0 Å². The van der Waals surface area contributed by atoms with E-state index in [1.165, 1.54) is 19.2 Å². The van der Waals surface area contributed by atoms with Crippen LogP contribution in [0, 0.1) is 5.82 Å². The largest absolute Gasteiger partial charge is 0.444 e.